The SMILES string of the molecule is CCOC(=O)CF.CCOC(=O)[C-](F)C=O.CCOC=O.[Na+]. The van der Waals surface area contributed by atoms with Crippen LogP contribution in [0.1, 0.15) is 20.8 Å². The molecule has 0 aliphatic carbocycles. The van der Waals surface area contributed by atoms with E-state index in [0.717, 1.165) is 0 Å². The van der Waals surface area contributed by atoms with E-state index in [4.69, 9.17) is 0 Å². The Kier molecular flexibility index (Phi) is 32.6. The average molecular weight is 336 g/mol. The zero-order valence-electron chi connectivity index (χ0n) is 13.1. The molecular weight excluding hydrogens is 317 g/mol. The van der Waals surface area contributed by atoms with Gasteiger partial charge in [-0.05, 0) is 20.8 Å². The molecule has 0 heterocycles. The van der Waals surface area contributed by atoms with Crippen molar-refractivity contribution in [2.45, 2.75) is 20.8 Å². The van der Waals surface area contributed by atoms with Crippen molar-refractivity contribution in [3.63, 3.8) is 0 Å². The van der Waals surface area contributed by atoms with Gasteiger partial charge in [-0.2, -0.15) is 0 Å². The number of carbonyl (C=O) groups excluding carboxylic acids is 4. The minimum atomic E-state index is -1.39. The van der Waals surface area contributed by atoms with Crippen LogP contribution in [-0.4, -0.2) is 51.2 Å². The Bertz CT molecular complexity index is 291. The summed E-state index contributed by atoms with van der Waals surface area (Å²) in [6.45, 7) is 5.12. The molecular formula is C12H19F2NaO7. The number of ether oxygens (including phenoxy) is 3. The van der Waals surface area contributed by atoms with Gasteiger partial charge in [0.25, 0.3) is 6.47 Å². The zero-order valence-corrected chi connectivity index (χ0v) is 15.1. The molecule has 0 bridgehead atoms. The van der Waals surface area contributed by atoms with Gasteiger partial charge in [0.1, 0.15) is 0 Å². The first-order valence-electron chi connectivity index (χ1n) is 5.86. The van der Waals surface area contributed by atoms with Gasteiger partial charge in [-0.25, -0.2) is 9.18 Å². The molecule has 0 radical (unpaired) electrons. The van der Waals surface area contributed by atoms with E-state index in [1.54, 1.807) is 13.8 Å². The van der Waals surface area contributed by atoms with Gasteiger partial charge >= 0.3 is 35.5 Å². The molecule has 0 unspecified atom stereocenters. The van der Waals surface area contributed by atoms with Crippen molar-refractivity contribution in [1.29, 1.82) is 0 Å². The molecule has 0 amide bonds. The number of halogens is 2. The van der Waals surface area contributed by atoms with Crippen molar-refractivity contribution in [1.82, 2.24) is 0 Å². The second-order valence-electron chi connectivity index (χ2n) is 2.68. The number of alkyl halides is 1. The number of carbonyl (C=O) groups is 4. The number of aldehydes is 1. The summed E-state index contributed by atoms with van der Waals surface area (Å²) in [6, 6.07) is 0. The Morgan fingerprint density at radius 2 is 1.55 bits per heavy atom. The molecule has 0 saturated heterocycles. The van der Waals surface area contributed by atoms with Gasteiger partial charge in [0, 0.05) is 6.29 Å². The number of rotatable bonds is 7. The van der Waals surface area contributed by atoms with Crippen molar-refractivity contribution >= 4 is 24.7 Å². The van der Waals surface area contributed by atoms with Crippen LogP contribution in [0.3, 0.4) is 0 Å². The number of hydrogen-bond acceptors (Lipinski definition) is 7. The molecule has 0 aliphatic rings. The van der Waals surface area contributed by atoms with Crippen LogP contribution in [0.2, 0.25) is 0 Å². The first kappa shape index (κ1) is 28.9. The fourth-order valence-corrected chi connectivity index (χ4v) is 0.516. The standard InChI is InChI=1S/C5H6FO3.C4H7FO2.C3H6O2.Na/c1-2-9-5(8)4(6)3-7;1-2-7-4(6)3-5;1-2-5-3-4;/h3H,2H2,1H3;2-3H2,1H3;3H,2H2,1H3;/q-1;;;+1. The van der Waals surface area contributed by atoms with Gasteiger partial charge in [-0.1, -0.05) is 6.17 Å². The summed E-state index contributed by atoms with van der Waals surface area (Å²) in [4.78, 5) is 38.6. The van der Waals surface area contributed by atoms with E-state index in [-0.39, 0.29) is 49.1 Å². The first-order valence-corrected chi connectivity index (χ1v) is 5.86. The second kappa shape index (κ2) is 24.8. The van der Waals surface area contributed by atoms with Crippen LogP contribution >= 0.6 is 0 Å². The summed E-state index contributed by atoms with van der Waals surface area (Å²) in [7, 11) is 0. The average Bonchev–Trinajstić information content (AvgIpc) is 2.49. The summed E-state index contributed by atoms with van der Waals surface area (Å²) >= 11 is 0. The van der Waals surface area contributed by atoms with Gasteiger partial charge < -0.3 is 23.4 Å². The van der Waals surface area contributed by atoms with E-state index in [1.165, 1.54) is 6.92 Å². The maximum atomic E-state index is 11.8. The molecule has 0 spiro atoms. The van der Waals surface area contributed by atoms with E-state index in [1.807, 2.05) is 0 Å². The maximum Gasteiger partial charge on any atom is 1.00 e. The molecule has 0 atom stereocenters. The fraction of sp³-hybridized carbons (Fsp3) is 0.583. The Labute approximate surface area is 149 Å². The van der Waals surface area contributed by atoms with Crippen molar-refractivity contribution in [2.24, 2.45) is 0 Å². The molecule has 7 nitrogen and oxygen atoms in total. The first-order chi connectivity index (χ1) is 9.94. The second-order valence-corrected chi connectivity index (χ2v) is 2.68. The normalized spacial score (nSPS) is 7.50. The molecule has 0 saturated carbocycles. The maximum absolute atomic E-state index is 11.8. The Balaban J connectivity index is -0.000000113. The number of hydrogen-bond donors (Lipinski definition) is 0. The molecule has 0 aromatic carbocycles. The number of esters is 2. The summed E-state index contributed by atoms with van der Waals surface area (Å²) in [5, 5.41) is 0. The Hall–Kier alpha value is -1.19. The topological polar surface area (TPSA) is 96.0 Å². The van der Waals surface area contributed by atoms with Gasteiger partial charge in [-0.3, -0.25) is 9.59 Å². The van der Waals surface area contributed by atoms with E-state index in [2.05, 4.69) is 14.2 Å². The Morgan fingerprint density at radius 1 is 1.05 bits per heavy atom. The predicted octanol–water partition coefficient (Wildman–Crippen LogP) is -2.05. The van der Waals surface area contributed by atoms with Crippen molar-refractivity contribution < 1.29 is 71.7 Å². The van der Waals surface area contributed by atoms with E-state index in [0.29, 0.717) is 13.1 Å². The quantitative estimate of drug-likeness (QED) is 0.132. The van der Waals surface area contributed by atoms with Crippen LogP contribution in [0.4, 0.5) is 8.78 Å². The molecule has 10 heteroatoms. The molecule has 0 fully saturated rings. The summed E-state index contributed by atoms with van der Waals surface area (Å²) in [6.07, 6.45) is -1.57. The Morgan fingerprint density at radius 3 is 1.73 bits per heavy atom. The van der Waals surface area contributed by atoms with E-state index in [9.17, 15) is 28.0 Å². The third-order valence-corrected chi connectivity index (χ3v) is 1.22. The molecule has 0 aliphatic heterocycles. The van der Waals surface area contributed by atoms with Gasteiger partial charge in [0.05, 0.1) is 19.8 Å². The van der Waals surface area contributed by atoms with Crippen molar-refractivity contribution in [2.75, 3.05) is 26.5 Å². The van der Waals surface area contributed by atoms with Crippen LogP contribution < -0.4 is 29.6 Å². The zero-order chi connectivity index (χ0) is 17.1. The van der Waals surface area contributed by atoms with E-state index >= 15 is 0 Å². The largest absolute Gasteiger partial charge is 1.00 e. The van der Waals surface area contributed by atoms with Crippen LogP contribution in [-0.2, 0) is 33.4 Å². The summed E-state index contributed by atoms with van der Waals surface area (Å²) in [5.74, 6) is -1.99. The van der Waals surface area contributed by atoms with Gasteiger partial charge in [-0.15, -0.1) is 0 Å². The minimum absolute atomic E-state index is 0. The third-order valence-electron chi connectivity index (χ3n) is 1.22. The summed E-state index contributed by atoms with van der Waals surface area (Å²) < 4.78 is 35.3. The smallest absolute Gasteiger partial charge is 0.486 e. The molecule has 0 aromatic heterocycles. The van der Waals surface area contributed by atoms with Crippen LogP contribution in [0.25, 0.3) is 0 Å². The van der Waals surface area contributed by atoms with E-state index < -0.39 is 24.8 Å². The van der Waals surface area contributed by atoms with Crippen molar-refractivity contribution in [3.05, 3.63) is 6.17 Å². The molecule has 0 rings (SSSR count). The van der Waals surface area contributed by atoms with Gasteiger partial charge in [0.15, 0.2) is 6.67 Å². The van der Waals surface area contributed by atoms with Crippen LogP contribution in [0, 0.1) is 6.17 Å². The predicted molar refractivity (Wildman–Crippen MR) is 67.3 cm³/mol. The molecule has 22 heavy (non-hydrogen) atoms. The van der Waals surface area contributed by atoms with Crippen LogP contribution in [0.5, 0.6) is 0 Å². The summed E-state index contributed by atoms with van der Waals surface area (Å²) in [5.41, 5.74) is 0. The molecule has 124 valence electrons. The van der Waals surface area contributed by atoms with Gasteiger partial charge in [0.2, 0.25) is 5.97 Å². The van der Waals surface area contributed by atoms with Crippen molar-refractivity contribution in [3.8, 4) is 0 Å². The molecule has 0 N–H and O–H groups in total. The monoisotopic (exact) mass is 336 g/mol. The van der Waals surface area contributed by atoms with Crippen LogP contribution in [0.15, 0.2) is 0 Å². The molecule has 0 aromatic rings. The minimum Gasteiger partial charge on any atom is -0.486 e. The third kappa shape index (κ3) is 27.2. The fourth-order valence-electron chi connectivity index (χ4n) is 0.516.